The molecule has 64 valence electrons. The molecule has 0 amide bonds. The monoisotopic (exact) mass is 168 g/mol. The van der Waals surface area contributed by atoms with Crippen molar-refractivity contribution in [1.82, 2.24) is 9.13 Å². The molecule has 0 aliphatic heterocycles. The average Bonchev–Trinajstić information content (AvgIpc) is 2.02. The molecule has 0 unspecified atom stereocenters. The van der Waals surface area contributed by atoms with E-state index in [0.29, 0.717) is 10.1 Å². The highest BCUT2D eigenvalue weighted by Crippen LogP contribution is 1.80. The van der Waals surface area contributed by atoms with Crippen molar-refractivity contribution in [1.29, 1.82) is 0 Å². The van der Waals surface area contributed by atoms with Crippen LogP contribution < -0.4 is 11.2 Å². The maximum Gasteiger partial charge on any atom is 0.337 e. The summed E-state index contributed by atoms with van der Waals surface area (Å²) in [4.78, 5) is 32.5. The van der Waals surface area contributed by atoms with E-state index in [4.69, 9.17) is 0 Å². The number of hydrogen-bond donors (Lipinski definition) is 0. The first-order chi connectivity index (χ1) is 5.57. The number of rotatable bonds is 1. The third-order valence-electron chi connectivity index (χ3n) is 1.56. The number of aryl methyl sites for hydroxylation is 2. The predicted octanol–water partition coefficient (Wildman–Crippen LogP) is -1.11. The van der Waals surface area contributed by atoms with E-state index in [1.54, 1.807) is 6.92 Å². The fourth-order valence-corrected chi connectivity index (χ4v) is 0.941. The van der Waals surface area contributed by atoms with Gasteiger partial charge in [-0.3, -0.25) is 9.59 Å². The van der Waals surface area contributed by atoms with Crippen LogP contribution in [0.5, 0.6) is 0 Å². The fourth-order valence-electron chi connectivity index (χ4n) is 0.941. The lowest BCUT2D eigenvalue weighted by Crippen LogP contribution is -2.39. The molecule has 0 atom stereocenters. The molecule has 0 saturated heterocycles. The van der Waals surface area contributed by atoms with Gasteiger partial charge in [-0.05, 0) is 6.92 Å². The lowest BCUT2D eigenvalue weighted by molar-refractivity contribution is 0.538. The van der Waals surface area contributed by atoms with Crippen molar-refractivity contribution in [2.75, 3.05) is 0 Å². The van der Waals surface area contributed by atoms with Gasteiger partial charge in [0.1, 0.15) is 0 Å². The molecule has 5 nitrogen and oxygen atoms in total. The Morgan fingerprint density at radius 2 is 2.00 bits per heavy atom. The first-order valence-corrected chi connectivity index (χ1v) is 3.32. The highest BCUT2D eigenvalue weighted by atomic mass is 16.2. The maximum atomic E-state index is 11.1. The van der Waals surface area contributed by atoms with Crippen LogP contribution in [0.15, 0.2) is 15.8 Å². The lowest BCUT2D eigenvalue weighted by Gasteiger charge is -2.00. The van der Waals surface area contributed by atoms with Crippen LogP contribution >= 0.6 is 0 Å². The number of aromatic nitrogens is 2. The molecule has 0 aliphatic rings. The summed E-state index contributed by atoms with van der Waals surface area (Å²) in [5.74, 6) is 0. The molecule has 0 fully saturated rings. The minimum absolute atomic E-state index is 0.220. The van der Waals surface area contributed by atoms with Gasteiger partial charge in [-0.25, -0.2) is 4.79 Å². The summed E-state index contributed by atoms with van der Waals surface area (Å²) in [6, 6.07) is 0. The second kappa shape index (κ2) is 2.77. The Kier molecular flexibility index (Phi) is 1.95. The Morgan fingerprint density at radius 3 is 2.50 bits per heavy atom. The lowest BCUT2D eigenvalue weighted by atomic mass is 10.4. The van der Waals surface area contributed by atoms with Crippen molar-refractivity contribution in [2.24, 2.45) is 7.05 Å². The SMILES string of the molecule is Cc1cn(C)c(=O)n(C=O)c1=O. The van der Waals surface area contributed by atoms with Crippen LogP contribution in [0.25, 0.3) is 0 Å². The third kappa shape index (κ3) is 1.09. The zero-order chi connectivity index (χ0) is 9.30. The normalized spacial score (nSPS) is 9.83. The number of carbonyl (C=O) groups excluding carboxylic acids is 1. The summed E-state index contributed by atoms with van der Waals surface area (Å²) < 4.78 is 1.72. The molecule has 1 heterocycles. The van der Waals surface area contributed by atoms with Gasteiger partial charge in [-0.2, -0.15) is 4.57 Å². The topological polar surface area (TPSA) is 61.1 Å². The van der Waals surface area contributed by atoms with Crippen LogP contribution in [0.2, 0.25) is 0 Å². The van der Waals surface area contributed by atoms with Crippen LogP contribution in [0, 0.1) is 6.92 Å². The summed E-state index contributed by atoms with van der Waals surface area (Å²) in [5, 5.41) is 0. The molecule has 0 N–H and O–H groups in total. The van der Waals surface area contributed by atoms with E-state index >= 15 is 0 Å². The zero-order valence-corrected chi connectivity index (χ0v) is 6.77. The van der Waals surface area contributed by atoms with Crippen LogP contribution in [-0.2, 0) is 11.8 Å². The van der Waals surface area contributed by atoms with Crippen LogP contribution in [-0.4, -0.2) is 15.5 Å². The summed E-state index contributed by atoms with van der Waals surface area (Å²) in [5.41, 5.74) is -0.821. The van der Waals surface area contributed by atoms with E-state index < -0.39 is 11.2 Å². The van der Waals surface area contributed by atoms with Crippen LogP contribution in [0.3, 0.4) is 0 Å². The molecule has 0 spiro atoms. The summed E-state index contributed by atoms with van der Waals surface area (Å²) >= 11 is 0. The van der Waals surface area contributed by atoms with Crippen LogP contribution in [0.4, 0.5) is 0 Å². The largest absolute Gasteiger partial charge is 0.337 e. The predicted molar refractivity (Wildman–Crippen MR) is 42.8 cm³/mol. The van der Waals surface area contributed by atoms with Gasteiger partial charge in [0.2, 0.25) is 6.41 Å². The number of nitrogens with zero attached hydrogens (tertiary/aromatic N) is 2. The van der Waals surface area contributed by atoms with Crippen molar-refractivity contribution < 1.29 is 4.79 Å². The molecule has 0 aromatic carbocycles. The summed E-state index contributed by atoms with van der Waals surface area (Å²) in [6.45, 7) is 1.54. The Bertz CT molecular complexity index is 393. The molecule has 12 heavy (non-hydrogen) atoms. The van der Waals surface area contributed by atoms with Gasteiger partial charge >= 0.3 is 5.69 Å². The Hall–Kier alpha value is -1.65. The molecule has 5 heteroatoms. The van der Waals surface area contributed by atoms with E-state index in [1.807, 2.05) is 0 Å². The Labute approximate surface area is 67.9 Å². The molecule has 1 aromatic rings. The fraction of sp³-hybridized carbons (Fsp3) is 0.286. The number of carbonyl (C=O) groups is 1. The molecular formula is C7H8N2O3. The third-order valence-corrected chi connectivity index (χ3v) is 1.56. The summed E-state index contributed by atoms with van der Waals surface area (Å²) in [7, 11) is 1.48. The second-order valence-corrected chi connectivity index (χ2v) is 2.49. The Morgan fingerprint density at radius 1 is 1.42 bits per heavy atom. The van der Waals surface area contributed by atoms with E-state index in [-0.39, 0.29) is 6.41 Å². The first kappa shape index (κ1) is 8.45. The van der Waals surface area contributed by atoms with Gasteiger partial charge in [-0.1, -0.05) is 0 Å². The second-order valence-electron chi connectivity index (χ2n) is 2.49. The smallest absolute Gasteiger partial charge is 0.303 e. The van der Waals surface area contributed by atoms with Crippen molar-refractivity contribution in [3.63, 3.8) is 0 Å². The van der Waals surface area contributed by atoms with Gasteiger partial charge in [0.15, 0.2) is 0 Å². The van der Waals surface area contributed by atoms with Crippen molar-refractivity contribution >= 4 is 6.41 Å². The molecule has 0 radical (unpaired) electrons. The quantitative estimate of drug-likeness (QED) is 0.500. The highest BCUT2D eigenvalue weighted by molar-refractivity contribution is 5.51. The van der Waals surface area contributed by atoms with E-state index in [0.717, 1.165) is 0 Å². The van der Waals surface area contributed by atoms with Gasteiger partial charge in [0, 0.05) is 18.8 Å². The van der Waals surface area contributed by atoms with Crippen molar-refractivity contribution in [2.45, 2.75) is 6.92 Å². The van der Waals surface area contributed by atoms with Gasteiger partial charge in [0.25, 0.3) is 5.56 Å². The van der Waals surface area contributed by atoms with Gasteiger partial charge in [-0.15, -0.1) is 0 Å². The standard InChI is InChI=1S/C7H8N2O3/c1-5-3-8(2)7(12)9(4-10)6(5)11/h3-4H,1-2H3. The van der Waals surface area contributed by atoms with E-state index in [9.17, 15) is 14.4 Å². The molecule has 0 aliphatic carbocycles. The van der Waals surface area contributed by atoms with Crippen LogP contribution in [0.1, 0.15) is 5.56 Å². The van der Waals surface area contributed by atoms with E-state index in [1.165, 1.54) is 17.8 Å². The molecule has 1 rings (SSSR count). The number of hydrogen-bond acceptors (Lipinski definition) is 3. The van der Waals surface area contributed by atoms with Crippen molar-refractivity contribution in [3.05, 3.63) is 32.6 Å². The highest BCUT2D eigenvalue weighted by Gasteiger charge is 2.03. The molecule has 1 aromatic heterocycles. The maximum absolute atomic E-state index is 11.1. The molecule has 0 bridgehead atoms. The average molecular weight is 168 g/mol. The summed E-state index contributed by atoms with van der Waals surface area (Å²) in [6.07, 6.45) is 1.61. The zero-order valence-electron chi connectivity index (χ0n) is 6.77. The minimum Gasteiger partial charge on any atom is -0.303 e. The minimum atomic E-state index is -0.624. The first-order valence-electron chi connectivity index (χ1n) is 3.32. The van der Waals surface area contributed by atoms with Gasteiger partial charge < -0.3 is 4.57 Å². The molecule has 0 saturated carbocycles. The Balaban J connectivity index is 3.77. The van der Waals surface area contributed by atoms with E-state index in [2.05, 4.69) is 0 Å². The van der Waals surface area contributed by atoms with Gasteiger partial charge in [0.05, 0.1) is 0 Å². The van der Waals surface area contributed by atoms with Crippen molar-refractivity contribution in [3.8, 4) is 0 Å². The molecular weight excluding hydrogens is 160 g/mol.